The fourth-order valence-electron chi connectivity index (χ4n) is 2.98. The molecule has 1 aromatic rings. The molecule has 0 saturated carbocycles. The van der Waals surface area contributed by atoms with E-state index >= 15 is 0 Å². The Hall–Kier alpha value is -1.02. The van der Waals surface area contributed by atoms with Crippen molar-refractivity contribution in [2.75, 3.05) is 6.54 Å². The lowest BCUT2D eigenvalue weighted by atomic mass is 9.94. The molecule has 2 nitrogen and oxygen atoms in total. The van der Waals surface area contributed by atoms with Crippen molar-refractivity contribution in [3.05, 3.63) is 29.3 Å². The zero-order valence-electron chi connectivity index (χ0n) is 13.6. The molecule has 0 saturated heterocycles. The van der Waals surface area contributed by atoms with Crippen LogP contribution < -0.4 is 10.1 Å². The molecule has 1 aliphatic rings. The van der Waals surface area contributed by atoms with E-state index in [1.54, 1.807) is 0 Å². The summed E-state index contributed by atoms with van der Waals surface area (Å²) in [4.78, 5) is 0. The Balaban J connectivity index is 2.14. The van der Waals surface area contributed by atoms with Crippen molar-refractivity contribution in [3.63, 3.8) is 0 Å². The van der Waals surface area contributed by atoms with Crippen LogP contribution in [-0.4, -0.2) is 12.1 Å². The van der Waals surface area contributed by atoms with Gasteiger partial charge in [0, 0.05) is 12.5 Å². The molecule has 0 aliphatic carbocycles. The number of nitrogens with one attached hydrogen (secondary N) is 1. The van der Waals surface area contributed by atoms with E-state index in [0.29, 0.717) is 6.04 Å². The van der Waals surface area contributed by atoms with E-state index in [9.17, 15) is 0 Å². The minimum atomic E-state index is -0.0490. The summed E-state index contributed by atoms with van der Waals surface area (Å²) >= 11 is 0. The number of benzene rings is 1. The van der Waals surface area contributed by atoms with E-state index in [-0.39, 0.29) is 5.60 Å². The first kappa shape index (κ1) is 15.4. The van der Waals surface area contributed by atoms with Gasteiger partial charge in [-0.3, -0.25) is 0 Å². The average molecular weight is 275 g/mol. The highest BCUT2D eigenvalue weighted by Crippen LogP contribution is 2.36. The molecule has 2 rings (SSSR count). The van der Waals surface area contributed by atoms with Gasteiger partial charge in [0.15, 0.2) is 0 Å². The number of hydrogen-bond donors (Lipinski definition) is 1. The van der Waals surface area contributed by atoms with Crippen molar-refractivity contribution in [3.8, 4) is 5.75 Å². The zero-order valence-corrected chi connectivity index (χ0v) is 13.6. The first-order valence-electron chi connectivity index (χ1n) is 7.96. The first-order valence-corrected chi connectivity index (χ1v) is 7.96. The summed E-state index contributed by atoms with van der Waals surface area (Å²) in [6, 6.07) is 7.20. The molecule has 1 unspecified atom stereocenters. The lowest BCUT2D eigenvalue weighted by Crippen LogP contribution is -2.24. The molecule has 0 radical (unpaired) electrons. The normalized spacial score (nSPS) is 17.9. The number of hydrogen-bond acceptors (Lipinski definition) is 2. The predicted molar refractivity (Wildman–Crippen MR) is 85.3 cm³/mol. The molecule has 0 amide bonds. The van der Waals surface area contributed by atoms with Crippen LogP contribution >= 0.6 is 0 Å². The van der Waals surface area contributed by atoms with Gasteiger partial charge in [0.25, 0.3) is 0 Å². The maximum absolute atomic E-state index is 5.97. The van der Waals surface area contributed by atoms with Crippen LogP contribution in [0.5, 0.6) is 5.75 Å². The molecule has 1 atom stereocenters. The van der Waals surface area contributed by atoms with Crippen LogP contribution in [0.3, 0.4) is 0 Å². The standard InChI is InChI=1S/C18H29NO/c1-6-19-16(9-7-13(2)3)14-8-10-17-15(11-14)12-18(4,5)20-17/h8,10-11,13,16,19H,6-7,9,12H2,1-5H3. The highest BCUT2D eigenvalue weighted by molar-refractivity contribution is 5.42. The topological polar surface area (TPSA) is 21.3 Å². The third-order valence-corrected chi connectivity index (χ3v) is 3.97. The number of fused-ring (bicyclic) bond motifs is 1. The second-order valence-corrected chi connectivity index (χ2v) is 6.99. The van der Waals surface area contributed by atoms with E-state index in [0.717, 1.165) is 24.6 Å². The van der Waals surface area contributed by atoms with Crippen LogP contribution in [0.1, 0.15) is 64.6 Å². The van der Waals surface area contributed by atoms with Gasteiger partial charge in [0.1, 0.15) is 11.4 Å². The number of rotatable bonds is 6. The van der Waals surface area contributed by atoms with Crippen molar-refractivity contribution in [1.29, 1.82) is 0 Å². The highest BCUT2D eigenvalue weighted by Gasteiger charge is 2.30. The van der Waals surface area contributed by atoms with Crippen LogP contribution in [0.2, 0.25) is 0 Å². The van der Waals surface area contributed by atoms with Crippen LogP contribution in [0, 0.1) is 5.92 Å². The molecular formula is C18H29NO. The molecule has 1 N–H and O–H groups in total. The molecule has 2 heteroatoms. The maximum atomic E-state index is 5.97. The van der Waals surface area contributed by atoms with Crippen LogP contribution in [0.4, 0.5) is 0 Å². The average Bonchev–Trinajstić information content (AvgIpc) is 2.66. The fraction of sp³-hybridized carbons (Fsp3) is 0.667. The summed E-state index contributed by atoms with van der Waals surface area (Å²) in [5.41, 5.74) is 2.72. The van der Waals surface area contributed by atoms with Crippen molar-refractivity contribution >= 4 is 0 Å². The summed E-state index contributed by atoms with van der Waals surface area (Å²) < 4.78 is 5.97. The van der Waals surface area contributed by atoms with Crippen molar-refractivity contribution in [2.45, 2.75) is 65.5 Å². The monoisotopic (exact) mass is 275 g/mol. The van der Waals surface area contributed by atoms with Crippen molar-refractivity contribution in [2.24, 2.45) is 5.92 Å². The minimum Gasteiger partial charge on any atom is -0.487 e. The Morgan fingerprint density at radius 2 is 2.00 bits per heavy atom. The van der Waals surface area contributed by atoms with Gasteiger partial charge in [-0.15, -0.1) is 0 Å². The Morgan fingerprint density at radius 1 is 1.25 bits per heavy atom. The smallest absolute Gasteiger partial charge is 0.123 e. The molecule has 1 aliphatic heterocycles. The van der Waals surface area contributed by atoms with Gasteiger partial charge in [-0.2, -0.15) is 0 Å². The quantitative estimate of drug-likeness (QED) is 0.826. The highest BCUT2D eigenvalue weighted by atomic mass is 16.5. The largest absolute Gasteiger partial charge is 0.487 e. The fourth-order valence-corrected chi connectivity index (χ4v) is 2.98. The molecule has 1 heterocycles. The van der Waals surface area contributed by atoms with E-state index in [1.165, 1.54) is 24.0 Å². The first-order chi connectivity index (χ1) is 9.41. The lowest BCUT2D eigenvalue weighted by Gasteiger charge is -2.20. The third-order valence-electron chi connectivity index (χ3n) is 3.97. The van der Waals surface area contributed by atoms with E-state index in [4.69, 9.17) is 4.74 Å². The molecule has 1 aromatic carbocycles. The summed E-state index contributed by atoms with van der Waals surface area (Å²) in [5.74, 6) is 1.82. The Kier molecular flexibility index (Phi) is 4.74. The molecule has 0 fully saturated rings. The van der Waals surface area contributed by atoms with E-state index in [1.807, 2.05) is 0 Å². The minimum absolute atomic E-state index is 0.0490. The molecular weight excluding hydrogens is 246 g/mol. The van der Waals surface area contributed by atoms with E-state index in [2.05, 4.69) is 58.1 Å². The maximum Gasteiger partial charge on any atom is 0.123 e. The zero-order chi connectivity index (χ0) is 14.8. The number of ether oxygens (including phenoxy) is 1. The van der Waals surface area contributed by atoms with Gasteiger partial charge >= 0.3 is 0 Å². The van der Waals surface area contributed by atoms with Gasteiger partial charge in [0.05, 0.1) is 0 Å². The summed E-state index contributed by atoms with van der Waals surface area (Å²) in [6.07, 6.45) is 3.48. The van der Waals surface area contributed by atoms with Crippen molar-refractivity contribution in [1.82, 2.24) is 5.32 Å². The molecule has 0 aromatic heterocycles. The van der Waals surface area contributed by atoms with Crippen LogP contribution in [0.15, 0.2) is 18.2 Å². The SMILES string of the molecule is CCNC(CCC(C)C)c1ccc2c(c1)CC(C)(C)O2. The summed E-state index contributed by atoms with van der Waals surface area (Å²) in [5, 5.41) is 3.63. The third kappa shape index (κ3) is 3.76. The van der Waals surface area contributed by atoms with Gasteiger partial charge in [-0.05, 0) is 56.3 Å². The molecule has 0 spiro atoms. The van der Waals surface area contributed by atoms with Gasteiger partial charge in [-0.1, -0.05) is 32.9 Å². The van der Waals surface area contributed by atoms with E-state index < -0.39 is 0 Å². The second kappa shape index (κ2) is 6.17. The van der Waals surface area contributed by atoms with Crippen molar-refractivity contribution < 1.29 is 4.74 Å². The summed E-state index contributed by atoms with van der Waals surface area (Å²) in [7, 11) is 0. The van der Waals surface area contributed by atoms with Gasteiger partial charge < -0.3 is 10.1 Å². The van der Waals surface area contributed by atoms with Crippen LogP contribution in [-0.2, 0) is 6.42 Å². The lowest BCUT2D eigenvalue weighted by molar-refractivity contribution is 0.138. The van der Waals surface area contributed by atoms with Gasteiger partial charge in [-0.25, -0.2) is 0 Å². The molecule has 20 heavy (non-hydrogen) atoms. The Morgan fingerprint density at radius 3 is 2.65 bits per heavy atom. The molecule has 112 valence electrons. The Bertz CT molecular complexity index is 451. The second-order valence-electron chi connectivity index (χ2n) is 6.99. The van der Waals surface area contributed by atoms with Gasteiger partial charge in [0.2, 0.25) is 0 Å². The molecule has 0 bridgehead atoms. The predicted octanol–water partition coefficient (Wildman–Crippen LogP) is 4.49. The van der Waals surface area contributed by atoms with Crippen LogP contribution in [0.25, 0.3) is 0 Å². The summed E-state index contributed by atoms with van der Waals surface area (Å²) in [6.45, 7) is 12.1. The Labute approximate surface area is 123 Å².